The van der Waals surface area contributed by atoms with Crippen molar-refractivity contribution in [2.24, 2.45) is 0 Å². The number of carbonyl (C=O) groups is 3. The Bertz CT molecular complexity index is 988. The molecule has 3 amide bonds. The molecule has 7 heteroatoms. The molecule has 0 bridgehead atoms. The van der Waals surface area contributed by atoms with Crippen LogP contribution in [0.1, 0.15) is 96.8 Å². The van der Waals surface area contributed by atoms with E-state index in [1.54, 1.807) is 15.9 Å². The smallest absolute Gasteiger partial charge is 0.257 e. The molecule has 0 saturated carbocycles. The van der Waals surface area contributed by atoms with Crippen LogP contribution in [0.25, 0.3) is 0 Å². The first-order valence-corrected chi connectivity index (χ1v) is 13.2. The Hall–Kier alpha value is -2.41. The monoisotopic (exact) mass is 482 g/mol. The second kappa shape index (κ2) is 9.23. The summed E-state index contributed by atoms with van der Waals surface area (Å²) in [6.45, 7) is 14.0. The van der Waals surface area contributed by atoms with Crippen molar-refractivity contribution < 1.29 is 14.4 Å². The molecule has 0 aromatic heterocycles. The number of hydrogen-bond acceptors (Lipinski definition) is 4. The molecular weight excluding hydrogens is 440 g/mol. The number of unbranched alkanes of at least 4 members (excludes halogenated alkanes) is 1. The predicted molar refractivity (Wildman–Crippen MR) is 138 cm³/mol. The quantitative estimate of drug-likeness (QED) is 0.628. The van der Waals surface area contributed by atoms with Gasteiger partial charge in [0.05, 0.1) is 11.3 Å². The molecule has 1 atom stereocenters. The van der Waals surface area contributed by atoms with E-state index in [0.717, 1.165) is 32.2 Å². The van der Waals surface area contributed by atoms with E-state index >= 15 is 0 Å². The summed E-state index contributed by atoms with van der Waals surface area (Å²) in [6, 6.07) is 7.49. The van der Waals surface area contributed by atoms with Crippen molar-refractivity contribution >= 4 is 23.4 Å². The number of carbonyl (C=O) groups excluding carboxylic acids is 3. The summed E-state index contributed by atoms with van der Waals surface area (Å²) in [5.41, 5.74) is 0.394. The molecule has 35 heavy (non-hydrogen) atoms. The summed E-state index contributed by atoms with van der Waals surface area (Å²) >= 11 is 0. The van der Waals surface area contributed by atoms with Gasteiger partial charge in [0.25, 0.3) is 5.91 Å². The average molecular weight is 483 g/mol. The summed E-state index contributed by atoms with van der Waals surface area (Å²) in [5.74, 6) is 0.0432. The predicted octanol–water partition coefficient (Wildman–Crippen LogP) is 4.31. The number of piperidine rings is 1. The first-order valence-electron chi connectivity index (χ1n) is 13.2. The van der Waals surface area contributed by atoms with E-state index in [1.807, 2.05) is 25.1 Å². The zero-order chi connectivity index (χ0) is 25.6. The van der Waals surface area contributed by atoms with Crippen molar-refractivity contribution in [3.8, 4) is 0 Å². The van der Waals surface area contributed by atoms with Gasteiger partial charge in [-0.3, -0.25) is 19.3 Å². The van der Waals surface area contributed by atoms with Gasteiger partial charge in [-0.1, -0.05) is 25.5 Å². The molecule has 1 aromatic rings. The van der Waals surface area contributed by atoms with E-state index in [1.165, 1.54) is 0 Å². The van der Waals surface area contributed by atoms with Crippen molar-refractivity contribution in [3.05, 3.63) is 29.8 Å². The van der Waals surface area contributed by atoms with Crippen molar-refractivity contribution in [1.82, 2.24) is 15.1 Å². The van der Waals surface area contributed by atoms with Crippen LogP contribution in [0.4, 0.5) is 5.69 Å². The molecular formula is C28H42N4O3. The number of rotatable bonds is 7. The number of para-hydroxylation sites is 1. The van der Waals surface area contributed by atoms with Crippen LogP contribution in [0.15, 0.2) is 24.3 Å². The van der Waals surface area contributed by atoms with Crippen LogP contribution < -0.4 is 10.2 Å². The lowest BCUT2D eigenvalue weighted by Gasteiger charge is -2.50. The maximum Gasteiger partial charge on any atom is 0.257 e. The Morgan fingerprint density at radius 3 is 2.40 bits per heavy atom. The first-order chi connectivity index (χ1) is 16.4. The van der Waals surface area contributed by atoms with Crippen LogP contribution in [0.5, 0.6) is 0 Å². The molecule has 2 fully saturated rings. The minimum Gasteiger partial charge on any atom is -0.340 e. The SMILES string of the molecule is CCCCN(C(=O)CCN1C(=O)c2ccccc2N2C(=O)CCC12C)C1CC(C)(C)NC(C)(C)C1. The Morgan fingerprint density at radius 1 is 1.09 bits per heavy atom. The standard InChI is InChI=1S/C28H42N4O3/c1-7-8-16-30(20-18-26(2,3)29-27(4,5)19-20)23(33)14-17-31-25(35)21-11-9-10-12-22(21)32-24(34)13-15-28(31,32)6/h9-12,20,29H,7-8,13-19H2,1-6H3. The Morgan fingerprint density at radius 2 is 1.74 bits per heavy atom. The fourth-order valence-electron chi connectivity index (χ4n) is 6.72. The number of anilines is 1. The van der Waals surface area contributed by atoms with Crippen LogP contribution >= 0.6 is 0 Å². The van der Waals surface area contributed by atoms with E-state index in [9.17, 15) is 14.4 Å². The highest BCUT2D eigenvalue weighted by molar-refractivity contribution is 6.10. The molecule has 192 valence electrons. The lowest BCUT2D eigenvalue weighted by molar-refractivity contribution is -0.135. The lowest BCUT2D eigenvalue weighted by Crippen LogP contribution is -2.64. The van der Waals surface area contributed by atoms with Crippen LogP contribution in [-0.2, 0) is 9.59 Å². The molecule has 2 saturated heterocycles. The third-order valence-corrected chi connectivity index (χ3v) is 7.98. The summed E-state index contributed by atoms with van der Waals surface area (Å²) in [6.07, 6.45) is 5.05. The van der Waals surface area contributed by atoms with Gasteiger partial charge in [-0.2, -0.15) is 0 Å². The van der Waals surface area contributed by atoms with Crippen LogP contribution in [0, 0.1) is 0 Å². The average Bonchev–Trinajstić information content (AvgIpc) is 3.07. The number of fused-ring (bicyclic) bond motifs is 3. The zero-order valence-electron chi connectivity index (χ0n) is 22.3. The summed E-state index contributed by atoms with van der Waals surface area (Å²) in [5, 5.41) is 3.72. The minimum absolute atomic E-state index is 0.0347. The maximum atomic E-state index is 13.7. The number of hydrogen-bond donors (Lipinski definition) is 1. The van der Waals surface area contributed by atoms with E-state index in [2.05, 4.69) is 44.8 Å². The first kappa shape index (κ1) is 25.7. The van der Waals surface area contributed by atoms with Crippen LogP contribution in [0.2, 0.25) is 0 Å². The Balaban J connectivity index is 1.55. The van der Waals surface area contributed by atoms with Crippen molar-refractivity contribution in [1.29, 1.82) is 0 Å². The van der Waals surface area contributed by atoms with Crippen LogP contribution in [0.3, 0.4) is 0 Å². The van der Waals surface area contributed by atoms with E-state index in [-0.39, 0.29) is 41.3 Å². The molecule has 7 nitrogen and oxygen atoms in total. The number of nitrogens with one attached hydrogen (secondary N) is 1. The van der Waals surface area contributed by atoms with E-state index < -0.39 is 5.66 Å². The molecule has 1 N–H and O–H groups in total. The highest BCUT2D eigenvalue weighted by Crippen LogP contribution is 2.44. The second-order valence-corrected chi connectivity index (χ2v) is 12.1. The molecule has 3 heterocycles. The normalized spacial score (nSPS) is 25.4. The van der Waals surface area contributed by atoms with Gasteiger partial charge >= 0.3 is 0 Å². The third-order valence-electron chi connectivity index (χ3n) is 7.98. The topological polar surface area (TPSA) is 73.0 Å². The molecule has 0 aliphatic carbocycles. The molecule has 3 aliphatic rings. The molecule has 1 unspecified atom stereocenters. The Labute approximate surface area is 210 Å². The number of amides is 3. The molecule has 1 aromatic carbocycles. The van der Waals surface area contributed by atoms with Gasteiger partial charge in [-0.25, -0.2) is 0 Å². The maximum absolute atomic E-state index is 13.7. The van der Waals surface area contributed by atoms with Gasteiger partial charge in [-0.15, -0.1) is 0 Å². The van der Waals surface area contributed by atoms with Gasteiger partial charge in [0.15, 0.2) is 0 Å². The van der Waals surface area contributed by atoms with Gasteiger partial charge in [0.1, 0.15) is 5.66 Å². The third kappa shape index (κ3) is 4.84. The van der Waals surface area contributed by atoms with Gasteiger partial charge in [-0.05, 0) is 72.4 Å². The summed E-state index contributed by atoms with van der Waals surface area (Å²) in [7, 11) is 0. The largest absolute Gasteiger partial charge is 0.340 e. The number of nitrogens with zero attached hydrogens (tertiary/aromatic N) is 3. The summed E-state index contributed by atoms with van der Waals surface area (Å²) in [4.78, 5) is 45.7. The van der Waals surface area contributed by atoms with Crippen molar-refractivity contribution in [3.63, 3.8) is 0 Å². The fourth-order valence-corrected chi connectivity index (χ4v) is 6.72. The Kier molecular flexibility index (Phi) is 6.77. The number of benzene rings is 1. The lowest BCUT2D eigenvalue weighted by atomic mass is 9.79. The van der Waals surface area contributed by atoms with Crippen LogP contribution in [-0.4, -0.2) is 63.4 Å². The molecule has 3 aliphatic heterocycles. The zero-order valence-corrected chi connectivity index (χ0v) is 22.3. The molecule has 0 radical (unpaired) electrons. The van der Waals surface area contributed by atoms with Gasteiger partial charge < -0.3 is 15.1 Å². The van der Waals surface area contributed by atoms with Crippen molar-refractivity contribution in [2.75, 3.05) is 18.0 Å². The van der Waals surface area contributed by atoms with Crippen molar-refractivity contribution in [2.45, 2.75) is 109 Å². The fraction of sp³-hybridized carbons (Fsp3) is 0.679. The van der Waals surface area contributed by atoms with Gasteiger partial charge in [0.2, 0.25) is 11.8 Å². The van der Waals surface area contributed by atoms with E-state index in [0.29, 0.717) is 30.6 Å². The van der Waals surface area contributed by atoms with Gasteiger partial charge in [0, 0.05) is 43.1 Å². The summed E-state index contributed by atoms with van der Waals surface area (Å²) < 4.78 is 0. The highest BCUT2D eigenvalue weighted by Gasteiger charge is 2.53. The minimum atomic E-state index is -0.726. The highest BCUT2D eigenvalue weighted by atomic mass is 16.2. The molecule has 0 spiro atoms. The molecule has 4 rings (SSSR count). The van der Waals surface area contributed by atoms with E-state index in [4.69, 9.17) is 0 Å². The second-order valence-electron chi connectivity index (χ2n) is 12.1.